The summed E-state index contributed by atoms with van der Waals surface area (Å²) in [6.07, 6.45) is 5.98. The van der Waals surface area contributed by atoms with E-state index in [9.17, 15) is 4.79 Å². The normalized spacial score (nSPS) is 23.8. The molecule has 0 spiro atoms. The molecule has 0 radical (unpaired) electrons. The molecular formula is C19H24N2O2S. The van der Waals surface area contributed by atoms with Gasteiger partial charge in [0.1, 0.15) is 0 Å². The van der Waals surface area contributed by atoms with Crippen LogP contribution in [-0.2, 0) is 16.0 Å². The number of amides is 1. The number of nitrogens with one attached hydrogen (secondary N) is 1. The SMILES string of the molecule is O=C(Cc1c[nH]c2ccccc12)N(C[C@H]1CCCO1)[C@@H]1CCSC1. The number of aromatic nitrogens is 1. The summed E-state index contributed by atoms with van der Waals surface area (Å²) in [5, 5.41) is 1.16. The number of nitrogens with zero attached hydrogens (tertiary/aromatic N) is 1. The fourth-order valence-electron chi connectivity index (χ4n) is 3.77. The summed E-state index contributed by atoms with van der Waals surface area (Å²) in [5.41, 5.74) is 2.20. The molecular weight excluding hydrogens is 320 g/mol. The molecule has 2 atom stereocenters. The number of benzene rings is 1. The first-order valence-corrected chi connectivity index (χ1v) is 10.0. The summed E-state index contributed by atoms with van der Waals surface area (Å²) in [6, 6.07) is 8.56. The predicted molar refractivity (Wildman–Crippen MR) is 98.4 cm³/mol. The lowest BCUT2D eigenvalue weighted by Gasteiger charge is -2.31. The maximum Gasteiger partial charge on any atom is 0.227 e. The molecule has 1 aromatic carbocycles. The van der Waals surface area contributed by atoms with Gasteiger partial charge in [-0.05, 0) is 36.6 Å². The number of carbonyl (C=O) groups excluding carboxylic acids is 1. The van der Waals surface area contributed by atoms with Crippen molar-refractivity contribution in [1.29, 1.82) is 0 Å². The van der Waals surface area contributed by atoms with E-state index in [4.69, 9.17) is 4.74 Å². The zero-order valence-corrected chi connectivity index (χ0v) is 14.7. The summed E-state index contributed by atoms with van der Waals surface area (Å²) in [5.74, 6) is 2.46. The van der Waals surface area contributed by atoms with Gasteiger partial charge in [0.2, 0.25) is 5.91 Å². The first kappa shape index (κ1) is 16.0. The summed E-state index contributed by atoms with van der Waals surface area (Å²) in [6.45, 7) is 1.60. The minimum Gasteiger partial charge on any atom is -0.376 e. The van der Waals surface area contributed by atoms with E-state index in [-0.39, 0.29) is 12.0 Å². The zero-order valence-electron chi connectivity index (χ0n) is 13.9. The van der Waals surface area contributed by atoms with Crippen molar-refractivity contribution in [1.82, 2.24) is 9.88 Å². The molecule has 2 aliphatic heterocycles. The minimum atomic E-state index is 0.225. The highest BCUT2D eigenvalue weighted by Crippen LogP contribution is 2.26. The van der Waals surface area contributed by atoms with E-state index in [2.05, 4.69) is 22.0 Å². The Morgan fingerprint density at radius 2 is 2.25 bits per heavy atom. The van der Waals surface area contributed by atoms with Gasteiger partial charge in [0.05, 0.1) is 12.5 Å². The standard InChI is InChI=1S/C19H24N2O2S/c22-19(10-14-11-20-18-6-2-1-5-17(14)18)21(15-7-9-24-13-15)12-16-4-3-8-23-16/h1-2,5-6,11,15-16,20H,3-4,7-10,12-13H2/t15-,16-/m1/s1. The van der Waals surface area contributed by atoms with Gasteiger partial charge in [0, 0.05) is 42.0 Å². The van der Waals surface area contributed by atoms with Gasteiger partial charge in [-0.3, -0.25) is 4.79 Å². The van der Waals surface area contributed by atoms with E-state index in [1.807, 2.05) is 30.1 Å². The fraction of sp³-hybridized carbons (Fsp3) is 0.526. The van der Waals surface area contributed by atoms with Gasteiger partial charge in [-0.1, -0.05) is 18.2 Å². The number of H-pyrrole nitrogens is 1. The van der Waals surface area contributed by atoms with Crippen LogP contribution in [0.5, 0.6) is 0 Å². The summed E-state index contributed by atoms with van der Waals surface area (Å²) >= 11 is 1.96. The Hall–Kier alpha value is -1.46. The van der Waals surface area contributed by atoms with Crippen LogP contribution in [0.1, 0.15) is 24.8 Å². The number of hydrogen-bond acceptors (Lipinski definition) is 3. The third-order valence-electron chi connectivity index (χ3n) is 5.11. The van der Waals surface area contributed by atoms with Gasteiger partial charge in [0.25, 0.3) is 0 Å². The highest BCUT2D eigenvalue weighted by atomic mass is 32.2. The van der Waals surface area contributed by atoms with Crippen LogP contribution in [0.3, 0.4) is 0 Å². The van der Waals surface area contributed by atoms with Crippen LogP contribution in [0.15, 0.2) is 30.5 Å². The molecule has 2 saturated heterocycles. The number of carbonyl (C=O) groups is 1. The zero-order chi connectivity index (χ0) is 16.4. The quantitative estimate of drug-likeness (QED) is 0.906. The second-order valence-corrected chi connectivity index (χ2v) is 7.88. The molecule has 2 aliphatic rings. The van der Waals surface area contributed by atoms with Gasteiger partial charge in [-0.15, -0.1) is 0 Å². The van der Waals surface area contributed by atoms with Crippen molar-refractivity contribution in [2.45, 2.75) is 37.8 Å². The predicted octanol–water partition coefficient (Wildman–Crippen LogP) is 3.22. The summed E-state index contributed by atoms with van der Waals surface area (Å²) in [7, 11) is 0. The van der Waals surface area contributed by atoms with Crippen LogP contribution in [0.25, 0.3) is 10.9 Å². The second kappa shape index (κ2) is 7.19. The number of fused-ring (bicyclic) bond motifs is 1. The van der Waals surface area contributed by atoms with Crippen LogP contribution >= 0.6 is 11.8 Å². The average molecular weight is 344 g/mol. The van der Waals surface area contributed by atoms with Crippen molar-refractivity contribution >= 4 is 28.6 Å². The lowest BCUT2D eigenvalue weighted by atomic mass is 10.1. The molecule has 0 saturated carbocycles. The van der Waals surface area contributed by atoms with E-state index in [1.165, 1.54) is 0 Å². The van der Waals surface area contributed by atoms with E-state index in [0.717, 1.165) is 60.4 Å². The van der Waals surface area contributed by atoms with Crippen molar-refractivity contribution in [2.75, 3.05) is 24.7 Å². The third kappa shape index (κ3) is 3.33. The molecule has 4 nitrogen and oxygen atoms in total. The fourth-order valence-corrected chi connectivity index (χ4v) is 5.00. The van der Waals surface area contributed by atoms with Gasteiger partial charge < -0.3 is 14.6 Å². The van der Waals surface area contributed by atoms with Crippen LogP contribution in [0.4, 0.5) is 0 Å². The molecule has 3 heterocycles. The number of thioether (sulfide) groups is 1. The van der Waals surface area contributed by atoms with Crippen molar-refractivity contribution in [3.63, 3.8) is 0 Å². The van der Waals surface area contributed by atoms with Gasteiger partial charge in [-0.2, -0.15) is 11.8 Å². The minimum absolute atomic E-state index is 0.225. The molecule has 2 aromatic rings. The molecule has 0 aliphatic carbocycles. The molecule has 0 unspecified atom stereocenters. The molecule has 5 heteroatoms. The van der Waals surface area contributed by atoms with E-state index in [1.54, 1.807) is 0 Å². The third-order valence-corrected chi connectivity index (χ3v) is 6.25. The molecule has 0 bridgehead atoms. The monoisotopic (exact) mass is 344 g/mol. The van der Waals surface area contributed by atoms with Crippen LogP contribution in [-0.4, -0.2) is 52.6 Å². The van der Waals surface area contributed by atoms with Crippen molar-refractivity contribution in [2.24, 2.45) is 0 Å². The number of para-hydroxylation sites is 1. The Balaban J connectivity index is 1.51. The van der Waals surface area contributed by atoms with Gasteiger partial charge in [-0.25, -0.2) is 0 Å². The Morgan fingerprint density at radius 1 is 1.33 bits per heavy atom. The number of rotatable bonds is 5. The Kier molecular flexibility index (Phi) is 4.81. The van der Waals surface area contributed by atoms with E-state index >= 15 is 0 Å². The topological polar surface area (TPSA) is 45.3 Å². The smallest absolute Gasteiger partial charge is 0.227 e. The van der Waals surface area contributed by atoms with Crippen molar-refractivity contribution in [3.8, 4) is 0 Å². The molecule has 1 N–H and O–H groups in total. The van der Waals surface area contributed by atoms with Crippen LogP contribution in [0, 0.1) is 0 Å². The molecule has 128 valence electrons. The Bertz CT molecular complexity index is 702. The number of aromatic amines is 1. The van der Waals surface area contributed by atoms with Gasteiger partial charge in [0.15, 0.2) is 0 Å². The Morgan fingerprint density at radius 3 is 3.04 bits per heavy atom. The molecule has 4 rings (SSSR count). The number of ether oxygens (including phenoxy) is 1. The van der Waals surface area contributed by atoms with E-state index < -0.39 is 0 Å². The highest BCUT2D eigenvalue weighted by molar-refractivity contribution is 7.99. The van der Waals surface area contributed by atoms with Crippen molar-refractivity contribution < 1.29 is 9.53 Å². The summed E-state index contributed by atoms with van der Waals surface area (Å²) < 4.78 is 5.79. The summed E-state index contributed by atoms with van der Waals surface area (Å²) in [4.78, 5) is 18.5. The van der Waals surface area contributed by atoms with Crippen molar-refractivity contribution in [3.05, 3.63) is 36.0 Å². The van der Waals surface area contributed by atoms with Crippen LogP contribution < -0.4 is 0 Å². The van der Waals surface area contributed by atoms with E-state index in [0.29, 0.717) is 12.5 Å². The lowest BCUT2D eigenvalue weighted by Crippen LogP contribution is -2.45. The highest BCUT2D eigenvalue weighted by Gasteiger charge is 2.30. The first-order valence-electron chi connectivity index (χ1n) is 8.85. The Labute approximate surface area is 146 Å². The van der Waals surface area contributed by atoms with Crippen LogP contribution in [0.2, 0.25) is 0 Å². The molecule has 1 amide bonds. The maximum atomic E-state index is 13.1. The molecule has 1 aromatic heterocycles. The number of hydrogen-bond donors (Lipinski definition) is 1. The molecule has 2 fully saturated rings. The maximum absolute atomic E-state index is 13.1. The van der Waals surface area contributed by atoms with Gasteiger partial charge >= 0.3 is 0 Å². The molecule has 24 heavy (non-hydrogen) atoms. The first-order chi connectivity index (χ1) is 11.8. The average Bonchev–Trinajstić information content (AvgIpc) is 3.35. The largest absolute Gasteiger partial charge is 0.376 e. The second-order valence-electron chi connectivity index (χ2n) is 6.73. The lowest BCUT2D eigenvalue weighted by molar-refractivity contribution is -0.134.